The summed E-state index contributed by atoms with van der Waals surface area (Å²) in [5.74, 6) is -0.298. The van der Waals surface area contributed by atoms with Gasteiger partial charge in [0.15, 0.2) is 16.7 Å². The molecule has 5 rings (SSSR count). The fourth-order valence-corrected chi connectivity index (χ4v) is 5.60. The highest BCUT2D eigenvalue weighted by atomic mass is 35.5. The second-order valence-electron chi connectivity index (χ2n) is 7.78. The van der Waals surface area contributed by atoms with E-state index in [0.29, 0.717) is 28.6 Å². The predicted molar refractivity (Wildman–Crippen MR) is 112 cm³/mol. The quantitative estimate of drug-likeness (QED) is 0.621. The molecule has 1 aromatic heterocycles. The zero-order chi connectivity index (χ0) is 20.3. The number of anilines is 1. The van der Waals surface area contributed by atoms with Crippen LogP contribution in [0.4, 0.5) is 5.13 Å². The Morgan fingerprint density at radius 2 is 1.97 bits per heavy atom. The Morgan fingerprint density at radius 3 is 2.66 bits per heavy atom. The highest BCUT2D eigenvalue weighted by Gasteiger charge is 2.54. The van der Waals surface area contributed by atoms with Crippen LogP contribution in [0, 0.1) is 11.8 Å². The molecule has 0 radical (unpaired) electrons. The zero-order valence-corrected chi connectivity index (χ0v) is 17.9. The van der Waals surface area contributed by atoms with Crippen molar-refractivity contribution < 1.29 is 14.3 Å². The summed E-state index contributed by atoms with van der Waals surface area (Å²) in [7, 11) is 0. The molecule has 5 nitrogen and oxygen atoms in total. The van der Waals surface area contributed by atoms with Crippen LogP contribution < -0.4 is 4.90 Å². The van der Waals surface area contributed by atoms with Crippen molar-refractivity contribution in [1.82, 2.24) is 4.98 Å². The van der Waals surface area contributed by atoms with Crippen molar-refractivity contribution in [2.75, 3.05) is 4.90 Å². The summed E-state index contributed by atoms with van der Waals surface area (Å²) in [6, 6.07) is 6.61. The first-order valence-corrected chi connectivity index (χ1v) is 11.2. The molecule has 29 heavy (non-hydrogen) atoms. The second kappa shape index (κ2) is 7.11. The van der Waals surface area contributed by atoms with Crippen LogP contribution in [0.2, 0.25) is 5.02 Å². The molecule has 0 N–H and O–H groups in total. The van der Waals surface area contributed by atoms with E-state index in [1.807, 2.05) is 12.1 Å². The third kappa shape index (κ3) is 3.00. The highest BCUT2D eigenvalue weighted by molar-refractivity contribution is 7.13. The molecule has 2 aliphatic heterocycles. The molecule has 5 atom stereocenters. The van der Waals surface area contributed by atoms with Crippen LogP contribution >= 0.6 is 34.5 Å². The summed E-state index contributed by atoms with van der Waals surface area (Å²) < 4.78 is 6.18. The van der Waals surface area contributed by atoms with E-state index < -0.39 is 6.04 Å². The minimum absolute atomic E-state index is 0.0406. The van der Waals surface area contributed by atoms with E-state index in [2.05, 4.69) is 11.9 Å². The van der Waals surface area contributed by atoms with Gasteiger partial charge in [0.25, 0.3) is 5.91 Å². The van der Waals surface area contributed by atoms with E-state index >= 15 is 0 Å². The number of nitrogens with zero attached hydrogens (tertiary/aromatic N) is 2. The maximum absolute atomic E-state index is 13.6. The van der Waals surface area contributed by atoms with Gasteiger partial charge in [0.2, 0.25) is 0 Å². The van der Waals surface area contributed by atoms with Gasteiger partial charge in [-0.05, 0) is 36.5 Å². The molecule has 5 unspecified atom stereocenters. The van der Waals surface area contributed by atoms with Gasteiger partial charge in [0, 0.05) is 22.0 Å². The number of halogens is 2. The smallest absolute Gasteiger partial charge is 0.296 e. The summed E-state index contributed by atoms with van der Waals surface area (Å²) in [4.78, 5) is 32.8. The van der Waals surface area contributed by atoms with Gasteiger partial charge in [0.1, 0.15) is 6.10 Å². The van der Waals surface area contributed by atoms with Crippen LogP contribution in [0.15, 0.2) is 47.2 Å². The topological polar surface area (TPSA) is 59.5 Å². The van der Waals surface area contributed by atoms with Crippen LogP contribution in [-0.4, -0.2) is 28.2 Å². The Labute approximate surface area is 182 Å². The number of rotatable bonds is 2. The number of carbonyl (C=O) groups excluding carboxylic acids is 2. The van der Waals surface area contributed by atoms with Crippen molar-refractivity contribution in [3.63, 3.8) is 0 Å². The van der Waals surface area contributed by atoms with Crippen molar-refractivity contribution in [3.05, 3.63) is 57.8 Å². The SMILES string of the molecule is CC1CC2OC3=C(C(=O)C2CC1Cl)C(c1ccc(Cl)cc1)N(c1nccs1)C3=O. The Balaban J connectivity index is 1.63. The molecule has 2 aromatic rings. The van der Waals surface area contributed by atoms with E-state index in [9.17, 15) is 9.59 Å². The number of ketones is 1. The van der Waals surface area contributed by atoms with Crippen molar-refractivity contribution in [2.24, 2.45) is 11.8 Å². The van der Waals surface area contributed by atoms with E-state index in [0.717, 1.165) is 5.56 Å². The van der Waals surface area contributed by atoms with Crippen molar-refractivity contribution in [2.45, 2.75) is 37.3 Å². The molecule has 0 bridgehead atoms. The molecule has 1 aliphatic carbocycles. The monoisotopic (exact) mass is 448 g/mol. The molecule has 0 spiro atoms. The van der Waals surface area contributed by atoms with Crippen molar-refractivity contribution >= 4 is 51.4 Å². The minimum Gasteiger partial charge on any atom is -0.483 e. The van der Waals surface area contributed by atoms with Crippen molar-refractivity contribution in [3.8, 4) is 0 Å². The van der Waals surface area contributed by atoms with Crippen LogP contribution in [0.25, 0.3) is 0 Å². The van der Waals surface area contributed by atoms with Crippen LogP contribution in [-0.2, 0) is 14.3 Å². The summed E-state index contributed by atoms with van der Waals surface area (Å²) in [6.07, 6.45) is 2.56. The summed E-state index contributed by atoms with van der Waals surface area (Å²) in [6.45, 7) is 2.06. The molecule has 150 valence electrons. The van der Waals surface area contributed by atoms with Gasteiger partial charge < -0.3 is 4.74 Å². The number of fused-ring (bicyclic) bond motifs is 1. The Bertz CT molecular complexity index is 1010. The Hall–Kier alpha value is -1.89. The number of hydrogen-bond donors (Lipinski definition) is 0. The summed E-state index contributed by atoms with van der Waals surface area (Å²) >= 11 is 13.9. The maximum atomic E-state index is 13.6. The molecule has 1 aromatic carbocycles. The first-order valence-electron chi connectivity index (χ1n) is 9.53. The fraction of sp³-hybridized carbons (Fsp3) is 0.381. The first kappa shape index (κ1) is 19.1. The highest BCUT2D eigenvalue weighted by Crippen LogP contribution is 2.49. The fourth-order valence-electron chi connectivity index (χ4n) is 4.51. The van der Waals surface area contributed by atoms with E-state index in [1.165, 1.54) is 11.3 Å². The van der Waals surface area contributed by atoms with Gasteiger partial charge in [-0.15, -0.1) is 22.9 Å². The number of hydrogen-bond acceptors (Lipinski definition) is 5. The molecule has 0 saturated heterocycles. The Kier molecular flexibility index (Phi) is 4.68. The average molecular weight is 449 g/mol. The van der Waals surface area contributed by atoms with Crippen molar-refractivity contribution in [1.29, 1.82) is 0 Å². The number of Topliss-reactive ketones (excluding diaryl/α,β-unsaturated/α-hetero) is 1. The number of amides is 1. The van der Waals surface area contributed by atoms with Crippen LogP contribution in [0.1, 0.15) is 31.4 Å². The molecule has 1 fully saturated rings. The number of thiazole rings is 1. The maximum Gasteiger partial charge on any atom is 0.296 e. The molecule has 3 aliphatic rings. The Morgan fingerprint density at radius 1 is 1.21 bits per heavy atom. The second-order valence-corrected chi connectivity index (χ2v) is 9.65. The number of ether oxygens (including phenoxy) is 1. The lowest BCUT2D eigenvalue weighted by Gasteiger charge is -2.39. The number of alkyl halides is 1. The average Bonchev–Trinajstić information content (AvgIpc) is 3.31. The van der Waals surface area contributed by atoms with Gasteiger partial charge in [-0.1, -0.05) is 30.7 Å². The predicted octanol–water partition coefficient (Wildman–Crippen LogP) is 4.76. The minimum atomic E-state index is -0.581. The van der Waals surface area contributed by atoms with Gasteiger partial charge in [-0.3, -0.25) is 14.5 Å². The van der Waals surface area contributed by atoms with E-state index in [1.54, 1.807) is 28.6 Å². The molecular formula is C21H18Cl2N2O3S. The lowest BCUT2D eigenvalue weighted by molar-refractivity contribution is -0.132. The number of carbonyl (C=O) groups is 2. The molecule has 8 heteroatoms. The standard InChI is InChI=1S/C21H18Cl2N2O3S/c1-10-8-15-13(9-14(10)23)18(26)16-17(11-2-4-12(22)5-3-11)25(20(27)19(16)28-15)21-24-6-7-29-21/h2-7,10,13-15,17H,8-9H2,1H3. The normalized spacial score (nSPS) is 31.6. The largest absolute Gasteiger partial charge is 0.483 e. The lowest BCUT2D eigenvalue weighted by atomic mass is 9.74. The zero-order valence-electron chi connectivity index (χ0n) is 15.5. The van der Waals surface area contributed by atoms with Crippen LogP contribution in [0.5, 0.6) is 0 Å². The number of aromatic nitrogens is 1. The summed E-state index contributed by atoms with van der Waals surface area (Å²) in [5.41, 5.74) is 1.21. The third-order valence-corrected chi connectivity index (χ3v) is 7.65. The molecule has 1 saturated carbocycles. The molecular weight excluding hydrogens is 431 g/mol. The third-order valence-electron chi connectivity index (χ3n) is 6.02. The van der Waals surface area contributed by atoms with Gasteiger partial charge in [0.05, 0.1) is 17.5 Å². The van der Waals surface area contributed by atoms with E-state index in [4.69, 9.17) is 27.9 Å². The lowest BCUT2D eigenvalue weighted by Crippen LogP contribution is -2.44. The number of benzene rings is 1. The molecule has 1 amide bonds. The van der Waals surface area contributed by atoms with Gasteiger partial charge in [-0.2, -0.15) is 0 Å². The molecule has 3 heterocycles. The first-order chi connectivity index (χ1) is 14.0. The van der Waals surface area contributed by atoms with Gasteiger partial charge >= 0.3 is 0 Å². The van der Waals surface area contributed by atoms with Crippen LogP contribution in [0.3, 0.4) is 0 Å². The van der Waals surface area contributed by atoms with E-state index in [-0.39, 0.29) is 40.8 Å². The summed E-state index contributed by atoms with van der Waals surface area (Å²) in [5, 5.41) is 2.85. The van der Waals surface area contributed by atoms with Gasteiger partial charge in [-0.25, -0.2) is 4.98 Å².